The zero-order valence-electron chi connectivity index (χ0n) is 6.47. The molecule has 0 N–H and O–H groups in total. The molecule has 12 heavy (non-hydrogen) atoms. The van der Waals surface area contributed by atoms with Gasteiger partial charge in [0, 0.05) is 12.8 Å². The second kappa shape index (κ2) is 4.10. The molecule has 0 atom stereocenters. The average Bonchev–Trinajstić information content (AvgIpc) is 1.98. The van der Waals surface area contributed by atoms with Crippen molar-refractivity contribution in [3.05, 3.63) is 10.6 Å². The van der Waals surface area contributed by atoms with Crippen molar-refractivity contribution >= 4 is 35.1 Å². The quantitative estimate of drug-likeness (QED) is 0.699. The summed E-state index contributed by atoms with van der Waals surface area (Å²) in [7, 11) is 0. The lowest BCUT2D eigenvalue weighted by Gasteiger charge is -2.13. The number of carbonyl (C=O) groups is 2. The summed E-state index contributed by atoms with van der Waals surface area (Å²) in [4.78, 5) is 21.7. The number of hydrogen-bond donors (Lipinski definition) is 1. The Morgan fingerprint density at radius 2 is 2.17 bits per heavy atom. The fraction of sp³-hybridized carbons (Fsp3) is 0.500. The highest BCUT2D eigenvalue weighted by Gasteiger charge is 2.19. The highest BCUT2D eigenvalue weighted by molar-refractivity contribution is 7.96. The lowest BCUT2D eigenvalue weighted by Crippen LogP contribution is -2.09. The molecule has 2 nitrogen and oxygen atoms in total. The summed E-state index contributed by atoms with van der Waals surface area (Å²) < 4.78 is 0. The third kappa shape index (κ3) is 2.35. The molecule has 4 heteroatoms. The predicted octanol–water partition coefficient (Wildman–Crippen LogP) is 2.08. The number of ketones is 1. The zero-order valence-corrected chi connectivity index (χ0v) is 8.12. The summed E-state index contributed by atoms with van der Waals surface area (Å²) in [5, 5.41) is 0.0153. The van der Waals surface area contributed by atoms with Gasteiger partial charge >= 0.3 is 0 Å². The van der Waals surface area contributed by atoms with Crippen molar-refractivity contribution < 1.29 is 9.59 Å². The topological polar surface area (TPSA) is 34.1 Å². The van der Waals surface area contributed by atoms with Crippen LogP contribution in [0.25, 0.3) is 0 Å². The van der Waals surface area contributed by atoms with Crippen LogP contribution in [0.15, 0.2) is 10.6 Å². The van der Waals surface area contributed by atoms with Crippen molar-refractivity contribution in [1.29, 1.82) is 0 Å². The Balaban J connectivity index is 2.78. The number of rotatable bonds is 2. The van der Waals surface area contributed by atoms with E-state index >= 15 is 0 Å². The minimum absolute atomic E-state index is 0.0486. The van der Waals surface area contributed by atoms with E-state index in [2.05, 4.69) is 12.6 Å². The summed E-state index contributed by atoms with van der Waals surface area (Å²) >= 11 is 9.36. The van der Waals surface area contributed by atoms with Crippen LogP contribution in [0, 0.1) is 0 Å². The highest BCUT2D eigenvalue weighted by Crippen LogP contribution is 2.27. The van der Waals surface area contributed by atoms with E-state index in [4.69, 9.17) is 11.6 Å². The van der Waals surface area contributed by atoms with Gasteiger partial charge in [-0.1, -0.05) is 11.6 Å². The molecule has 0 aromatic rings. The molecule has 0 saturated heterocycles. The first-order valence-corrected chi connectivity index (χ1v) is 4.56. The standard InChI is InChI=1S/C8H9ClO2S/c9-8-5(4-7(11)12)2-1-3-6(8)10/h1-4H2,(H,11,12). The van der Waals surface area contributed by atoms with Crippen molar-refractivity contribution in [3.8, 4) is 0 Å². The van der Waals surface area contributed by atoms with Gasteiger partial charge in [0.25, 0.3) is 0 Å². The number of Topliss-reactive ketones (excluding diaryl/α,β-unsaturated/α-hetero) is 1. The Morgan fingerprint density at radius 3 is 2.75 bits per heavy atom. The van der Waals surface area contributed by atoms with Gasteiger partial charge in [0.15, 0.2) is 10.9 Å². The first-order valence-electron chi connectivity index (χ1n) is 3.74. The van der Waals surface area contributed by atoms with E-state index in [1.807, 2.05) is 0 Å². The summed E-state index contributed by atoms with van der Waals surface area (Å²) in [5.41, 5.74) is 0.743. The van der Waals surface area contributed by atoms with Crippen LogP contribution in [0.4, 0.5) is 0 Å². The molecule has 0 spiro atoms. The Hall–Kier alpha value is -0.280. The molecule has 66 valence electrons. The number of hydrogen-bond acceptors (Lipinski definition) is 2. The van der Waals surface area contributed by atoms with E-state index in [1.165, 1.54) is 0 Å². The van der Waals surface area contributed by atoms with Gasteiger partial charge in [0.05, 0.1) is 5.03 Å². The third-order valence-electron chi connectivity index (χ3n) is 1.80. The van der Waals surface area contributed by atoms with Gasteiger partial charge < -0.3 is 0 Å². The van der Waals surface area contributed by atoms with E-state index in [-0.39, 0.29) is 22.4 Å². The third-order valence-corrected chi connectivity index (χ3v) is 2.44. The van der Waals surface area contributed by atoms with Crippen molar-refractivity contribution in [3.63, 3.8) is 0 Å². The second-order valence-corrected chi connectivity index (χ2v) is 3.64. The molecule has 1 aliphatic rings. The fourth-order valence-electron chi connectivity index (χ4n) is 1.23. The molecule has 0 fully saturated rings. The summed E-state index contributed by atoms with van der Waals surface area (Å²) in [6.45, 7) is 0. The van der Waals surface area contributed by atoms with E-state index in [1.54, 1.807) is 0 Å². The van der Waals surface area contributed by atoms with E-state index in [9.17, 15) is 9.59 Å². The number of carbonyl (C=O) groups excluding carboxylic acids is 2. The maximum atomic E-state index is 11.1. The van der Waals surface area contributed by atoms with Crippen LogP contribution in [0.5, 0.6) is 0 Å². The lowest BCUT2D eigenvalue weighted by molar-refractivity contribution is -0.115. The Labute approximate surface area is 81.4 Å². The molecule has 0 bridgehead atoms. The van der Waals surface area contributed by atoms with Crippen molar-refractivity contribution in [2.75, 3.05) is 0 Å². The van der Waals surface area contributed by atoms with Crippen LogP contribution in [0.1, 0.15) is 25.7 Å². The summed E-state index contributed by atoms with van der Waals surface area (Å²) in [6, 6.07) is 0. The number of thiol groups is 1. The largest absolute Gasteiger partial charge is 0.293 e. The smallest absolute Gasteiger partial charge is 0.190 e. The fourth-order valence-corrected chi connectivity index (χ4v) is 1.67. The minimum Gasteiger partial charge on any atom is -0.293 e. The SMILES string of the molecule is O=C(S)CC1=C(Cl)C(=O)CCC1. The van der Waals surface area contributed by atoms with Gasteiger partial charge in [0.1, 0.15) is 0 Å². The van der Waals surface area contributed by atoms with Gasteiger partial charge in [-0.15, -0.1) is 12.6 Å². The number of halogens is 1. The molecule has 0 heterocycles. The molecule has 0 aromatic carbocycles. The second-order valence-electron chi connectivity index (χ2n) is 2.76. The van der Waals surface area contributed by atoms with Gasteiger partial charge in [0.2, 0.25) is 0 Å². The number of allylic oxidation sites excluding steroid dienone is 2. The van der Waals surface area contributed by atoms with Crippen LogP contribution >= 0.6 is 24.2 Å². The van der Waals surface area contributed by atoms with Crippen molar-refractivity contribution in [2.45, 2.75) is 25.7 Å². The zero-order chi connectivity index (χ0) is 9.14. The Kier molecular flexibility index (Phi) is 3.35. The molecule has 1 rings (SSSR count). The maximum absolute atomic E-state index is 11.1. The van der Waals surface area contributed by atoms with Crippen LogP contribution in [0.3, 0.4) is 0 Å². The Bertz CT molecular complexity index is 258. The highest BCUT2D eigenvalue weighted by atomic mass is 35.5. The molecule has 0 saturated carbocycles. The van der Waals surface area contributed by atoms with Gasteiger partial charge in [-0.2, -0.15) is 0 Å². The van der Waals surface area contributed by atoms with Crippen LogP contribution < -0.4 is 0 Å². The molecule has 0 aliphatic heterocycles. The van der Waals surface area contributed by atoms with Crippen LogP contribution in [0.2, 0.25) is 0 Å². The molecule has 0 aromatic heterocycles. The lowest BCUT2D eigenvalue weighted by atomic mass is 9.96. The predicted molar refractivity (Wildman–Crippen MR) is 50.3 cm³/mol. The summed E-state index contributed by atoms with van der Waals surface area (Å²) in [5.74, 6) is -0.0486. The summed E-state index contributed by atoms with van der Waals surface area (Å²) in [6.07, 6.45) is 2.25. The molecule has 0 amide bonds. The monoisotopic (exact) mass is 204 g/mol. The molecule has 0 unspecified atom stereocenters. The normalized spacial score (nSPS) is 18.3. The first kappa shape index (κ1) is 9.81. The van der Waals surface area contributed by atoms with Crippen molar-refractivity contribution in [1.82, 2.24) is 0 Å². The van der Waals surface area contributed by atoms with Crippen LogP contribution in [-0.4, -0.2) is 10.9 Å². The maximum Gasteiger partial charge on any atom is 0.190 e. The average molecular weight is 205 g/mol. The van der Waals surface area contributed by atoms with E-state index in [0.29, 0.717) is 6.42 Å². The minimum atomic E-state index is -0.238. The van der Waals surface area contributed by atoms with Gasteiger partial charge in [-0.25, -0.2) is 0 Å². The molecule has 0 radical (unpaired) electrons. The molecular formula is C8H9ClO2S. The van der Waals surface area contributed by atoms with Gasteiger partial charge in [-0.3, -0.25) is 9.59 Å². The van der Waals surface area contributed by atoms with Crippen molar-refractivity contribution in [2.24, 2.45) is 0 Å². The Morgan fingerprint density at radius 1 is 1.50 bits per heavy atom. The van der Waals surface area contributed by atoms with Gasteiger partial charge in [-0.05, 0) is 18.4 Å². The first-order chi connectivity index (χ1) is 5.61. The van der Waals surface area contributed by atoms with E-state index in [0.717, 1.165) is 18.4 Å². The van der Waals surface area contributed by atoms with E-state index < -0.39 is 0 Å². The molecular weight excluding hydrogens is 196 g/mol. The van der Waals surface area contributed by atoms with Crippen LogP contribution in [-0.2, 0) is 9.59 Å². The molecule has 1 aliphatic carbocycles.